The fraction of sp³-hybridized carbons (Fsp3) is 0.250. The van der Waals surface area contributed by atoms with Gasteiger partial charge in [0, 0.05) is 18.2 Å². The zero-order valence-electron chi connectivity index (χ0n) is 15.9. The number of benzene rings is 2. The van der Waals surface area contributed by atoms with Crippen LogP contribution in [0.4, 0.5) is 0 Å². The fourth-order valence-corrected chi connectivity index (χ4v) is 3.04. The zero-order chi connectivity index (χ0) is 19.6. The lowest BCUT2D eigenvalue weighted by Crippen LogP contribution is -1.97. The molecule has 3 aromatic rings. The maximum atomic E-state index is 10.2. The van der Waals surface area contributed by atoms with E-state index in [0.717, 1.165) is 22.5 Å². The largest absolute Gasteiger partial charge is 0.504 e. The molecule has 0 aliphatic carbocycles. The molecule has 0 amide bonds. The standard InChI is InChI=1S/C20H22N2O5/c1-22-11-21-18(19(22)12-6-7-15(24-2)14(23)8-12)13-9-16(25-3)20(27-5)17(10-13)26-4/h6-11,23H,1-5H3. The van der Waals surface area contributed by atoms with Gasteiger partial charge in [0.15, 0.2) is 23.0 Å². The molecule has 27 heavy (non-hydrogen) atoms. The number of aromatic nitrogens is 2. The maximum absolute atomic E-state index is 10.2. The van der Waals surface area contributed by atoms with Crippen molar-refractivity contribution in [2.45, 2.75) is 0 Å². The van der Waals surface area contributed by atoms with E-state index in [1.165, 1.54) is 7.11 Å². The molecular formula is C20H22N2O5. The minimum atomic E-state index is 0.0621. The first-order valence-electron chi connectivity index (χ1n) is 8.23. The summed E-state index contributed by atoms with van der Waals surface area (Å²) in [6, 6.07) is 8.93. The Morgan fingerprint density at radius 3 is 1.96 bits per heavy atom. The third-order valence-electron chi connectivity index (χ3n) is 4.33. The van der Waals surface area contributed by atoms with Gasteiger partial charge >= 0.3 is 0 Å². The maximum Gasteiger partial charge on any atom is 0.203 e. The van der Waals surface area contributed by atoms with E-state index in [0.29, 0.717) is 23.0 Å². The summed E-state index contributed by atoms with van der Waals surface area (Å²) in [5.74, 6) is 2.08. The van der Waals surface area contributed by atoms with Gasteiger partial charge in [-0.25, -0.2) is 4.98 Å². The van der Waals surface area contributed by atoms with Gasteiger partial charge in [-0.1, -0.05) is 0 Å². The number of hydrogen-bond donors (Lipinski definition) is 1. The minimum absolute atomic E-state index is 0.0621. The number of imidazole rings is 1. The fourth-order valence-electron chi connectivity index (χ4n) is 3.04. The van der Waals surface area contributed by atoms with Crippen molar-refractivity contribution in [1.82, 2.24) is 9.55 Å². The molecule has 0 saturated heterocycles. The second-order valence-corrected chi connectivity index (χ2v) is 5.85. The molecule has 7 heteroatoms. The van der Waals surface area contributed by atoms with Gasteiger partial charge in [0.2, 0.25) is 5.75 Å². The number of phenolic OH excluding ortho intramolecular Hbond substituents is 1. The Hall–Kier alpha value is -3.35. The molecule has 1 aromatic heterocycles. The predicted octanol–water partition coefficient (Wildman–Crippen LogP) is 3.49. The summed E-state index contributed by atoms with van der Waals surface area (Å²) in [5.41, 5.74) is 3.16. The van der Waals surface area contributed by atoms with Gasteiger partial charge in [-0.2, -0.15) is 0 Å². The lowest BCUT2D eigenvalue weighted by atomic mass is 10.0. The third kappa shape index (κ3) is 3.23. The number of nitrogens with zero attached hydrogens (tertiary/aromatic N) is 2. The van der Waals surface area contributed by atoms with E-state index in [9.17, 15) is 5.11 Å². The molecular weight excluding hydrogens is 348 g/mol. The van der Waals surface area contributed by atoms with E-state index >= 15 is 0 Å². The summed E-state index contributed by atoms with van der Waals surface area (Å²) in [6.45, 7) is 0. The molecule has 3 rings (SSSR count). The van der Waals surface area contributed by atoms with Crippen LogP contribution in [0.25, 0.3) is 22.5 Å². The number of hydrogen-bond acceptors (Lipinski definition) is 6. The molecule has 7 nitrogen and oxygen atoms in total. The number of phenols is 1. The highest BCUT2D eigenvalue weighted by molar-refractivity contribution is 5.82. The molecule has 2 aromatic carbocycles. The summed E-state index contributed by atoms with van der Waals surface area (Å²) in [5, 5.41) is 10.2. The summed E-state index contributed by atoms with van der Waals surface area (Å²) in [7, 11) is 8.11. The SMILES string of the molecule is COc1ccc(-c2c(-c3cc(OC)c(OC)c(OC)c3)ncn2C)cc1O. The monoisotopic (exact) mass is 370 g/mol. The highest BCUT2D eigenvalue weighted by atomic mass is 16.5. The molecule has 0 bridgehead atoms. The van der Waals surface area contributed by atoms with E-state index in [4.69, 9.17) is 18.9 Å². The number of aryl methyl sites for hydroxylation is 1. The highest BCUT2D eigenvalue weighted by Crippen LogP contribution is 2.43. The van der Waals surface area contributed by atoms with Crippen molar-refractivity contribution in [2.75, 3.05) is 28.4 Å². The molecule has 0 unspecified atom stereocenters. The lowest BCUT2D eigenvalue weighted by Gasteiger charge is -2.14. The van der Waals surface area contributed by atoms with Crippen LogP contribution < -0.4 is 18.9 Å². The summed E-state index contributed by atoms with van der Waals surface area (Å²) >= 11 is 0. The Morgan fingerprint density at radius 1 is 0.815 bits per heavy atom. The van der Waals surface area contributed by atoms with Crippen LogP contribution in [-0.2, 0) is 7.05 Å². The van der Waals surface area contributed by atoms with Crippen LogP contribution in [0.3, 0.4) is 0 Å². The van der Waals surface area contributed by atoms with E-state index < -0.39 is 0 Å². The predicted molar refractivity (Wildman–Crippen MR) is 102 cm³/mol. The molecule has 1 heterocycles. The topological polar surface area (TPSA) is 75.0 Å². The first-order valence-corrected chi connectivity index (χ1v) is 8.23. The molecule has 0 spiro atoms. The number of rotatable bonds is 6. The van der Waals surface area contributed by atoms with Crippen LogP contribution in [0.5, 0.6) is 28.7 Å². The Balaban J connectivity index is 2.19. The van der Waals surface area contributed by atoms with Gasteiger partial charge in [0.25, 0.3) is 0 Å². The van der Waals surface area contributed by atoms with Crippen LogP contribution in [0, 0.1) is 0 Å². The van der Waals surface area contributed by atoms with Crippen LogP contribution in [0.2, 0.25) is 0 Å². The average molecular weight is 370 g/mol. The minimum Gasteiger partial charge on any atom is -0.504 e. The van der Waals surface area contributed by atoms with Crippen LogP contribution in [0.15, 0.2) is 36.7 Å². The van der Waals surface area contributed by atoms with Crippen molar-refractivity contribution in [2.24, 2.45) is 7.05 Å². The van der Waals surface area contributed by atoms with Crippen molar-refractivity contribution in [1.29, 1.82) is 0 Å². The molecule has 142 valence electrons. The molecule has 0 aliphatic heterocycles. The molecule has 0 aliphatic rings. The van der Waals surface area contributed by atoms with Crippen molar-refractivity contribution in [3.05, 3.63) is 36.7 Å². The van der Waals surface area contributed by atoms with Gasteiger partial charge in [-0.05, 0) is 30.3 Å². The van der Waals surface area contributed by atoms with Gasteiger partial charge in [0.1, 0.15) is 0 Å². The van der Waals surface area contributed by atoms with Crippen LogP contribution >= 0.6 is 0 Å². The zero-order valence-corrected chi connectivity index (χ0v) is 15.9. The quantitative estimate of drug-likeness (QED) is 0.716. The lowest BCUT2D eigenvalue weighted by molar-refractivity contribution is 0.324. The molecule has 0 radical (unpaired) electrons. The number of ether oxygens (including phenoxy) is 4. The highest BCUT2D eigenvalue weighted by Gasteiger charge is 2.20. The Morgan fingerprint density at radius 2 is 1.44 bits per heavy atom. The van der Waals surface area contributed by atoms with E-state index in [1.807, 2.05) is 29.8 Å². The number of methoxy groups -OCH3 is 4. The smallest absolute Gasteiger partial charge is 0.203 e. The summed E-state index contributed by atoms with van der Waals surface area (Å²) in [4.78, 5) is 4.54. The Bertz CT molecular complexity index is 940. The Kier molecular flexibility index (Phi) is 5.12. The normalized spacial score (nSPS) is 10.6. The van der Waals surface area contributed by atoms with Crippen molar-refractivity contribution in [3.8, 4) is 51.3 Å². The second kappa shape index (κ2) is 7.49. The van der Waals surface area contributed by atoms with Crippen molar-refractivity contribution >= 4 is 0 Å². The van der Waals surface area contributed by atoms with Gasteiger partial charge in [0.05, 0.1) is 46.2 Å². The van der Waals surface area contributed by atoms with Crippen LogP contribution in [0.1, 0.15) is 0 Å². The van der Waals surface area contributed by atoms with E-state index in [2.05, 4.69) is 4.98 Å². The van der Waals surface area contributed by atoms with Gasteiger partial charge in [-0.3, -0.25) is 0 Å². The van der Waals surface area contributed by atoms with Crippen molar-refractivity contribution < 1.29 is 24.1 Å². The third-order valence-corrected chi connectivity index (χ3v) is 4.33. The summed E-state index contributed by atoms with van der Waals surface area (Å²) in [6.07, 6.45) is 1.72. The van der Waals surface area contributed by atoms with E-state index in [-0.39, 0.29) is 5.75 Å². The second-order valence-electron chi connectivity index (χ2n) is 5.85. The van der Waals surface area contributed by atoms with E-state index in [1.54, 1.807) is 39.8 Å². The summed E-state index contributed by atoms with van der Waals surface area (Å²) < 4.78 is 23.3. The molecule has 1 N–H and O–H groups in total. The van der Waals surface area contributed by atoms with Crippen molar-refractivity contribution in [3.63, 3.8) is 0 Å². The van der Waals surface area contributed by atoms with Gasteiger partial charge in [-0.15, -0.1) is 0 Å². The molecule has 0 fully saturated rings. The average Bonchev–Trinajstić information content (AvgIpc) is 3.08. The number of aromatic hydroxyl groups is 1. The Labute approximate surface area is 157 Å². The molecule has 0 atom stereocenters. The molecule has 0 saturated carbocycles. The first kappa shape index (κ1) is 18.4. The van der Waals surface area contributed by atoms with Gasteiger partial charge < -0.3 is 28.6 Å². The van der Waals surface area contributed by atoms with Crippen LogP contribution in [-0.4, -0.2) is 43.1 Å². The first-order chi connectivity index (χ1) is 13.0.